The summed E-state index contributed by atoms with van der Waals surface area (Å²) < 4.78 is 40.5. The zero-order valence-electron chi connectivity index (χ0n) is 12.2. The molecule has 122 valence electrons. The van der Waals surface area contributed by atoms with E-state index in [2.05, 4.69) is 15.4 Å². The van der Waals surface area contributed by atoms with Gasteiger partial charge in [-0.15, -0.1) is 0 Å². The van der Waals surface area contributed by atoms with Crippen molar-refractivity contribution in [2.24, 2.45) is 0 Å². The van der Waals surface area contributed by atoms with Crippen LogP contribution in [0.25, 0.3) is 0 Å². The smallest absolute Gasteiger partial charge is 0.359 e. The van der Waals surface area contributed by atoms with Gasteiger partial charge in [-0.3, -0.25) is 9.59 Å². The van der Waals surface area contributed by atoms with Crippen LogP contribution in [0.5, 0.6) is 0 Å². The van der Waals surface area contributed by atoms with Crippen molar-refractivity contribution in [3.63, 3.8) is 0 Å². The van der Waals surface area contributed by atoms with Gasteiger partial charge in [-0.1, -0.05) is 6.07 Å². The van der Waals surface area contributed by atoms with Crippen molar-refractivity contribution in [1.29, 1.82) is 0 Å². The van der Waals surface area contributed by atoms with Gasteiger partial charge < -0.3 is 15.4 Å². The van der Waals surface area contributed by atoms with Gasteiger partial charge >= 0.3 is 6.18 Å². The number of amides is 2. The van der Waals surface area contributed by atoms with E-state index >= 15 is 0 Å². The van der Waals surface area contributed by atoms with E-state index in [0.29, 0.717) is 17.8 Å². The van der Waals surface area contributed by atoms with Gasteiger partial charge in [-0.05, 0) is 32.0 Å². The van der Waals surface area contributed by atoms with E-state index in [0.717, 1.165) is 0 Å². The number of rotatable bonds is 6. The first-order chi connectivity index (χ1) is 10.2. The van der Waals surface area contributed by atoms with Crippen LogP contribution in [0.15, 0.2) is 24.3 Å². The van der Waals surface area contributed by atoms with Gasteiger partial charge in [0, 0.05) is 17.8 Å². The first-order valence-electron chi connectivity index (χ1n) is 6.60. The van der Waals surface area contributed by atoms with Crippen molar-refractivity contribution in [1.82, 2.24) is 5.32 Å². The standard InChI is InChI=1S/C14H17F3N2O3/c1-3-18-13(21)10-5-4-6-11(7-10)19-12(20)9(2)22-8-14(15,16)17/h4-7,9H,3,8H2,1-2H3,(H,18,21)(H,19,20)/t9-/m1/s1. The van der Waals surface area contributed by atoms with Crippen LogP contribution in [-0.4, -0.2) is 37.2 Å². The quantitative estimate of drug-likeness (QED) is 0.846. The summed E-state index contributed by atoms with van der Waals surface area (Å²) in [7, 11) is 0. The number of anilines is 1. The number of alkyl halides is 3. The summed E-state index contributed by atoms with van der Waals surface area (Å²) in [6, 6.07) is 6.07. The largest absolute Gasteiger partial charge is 0.411 e. The van der Waals surface area contributed by atoms with Crippen LogP contribution < -0.4 is 10.6 Å². The Bertz CT molecular complexity index is 532. The third kappa shape index (κ3) is 6.13. The first-order valence-corrected chi connectivity index (χ1v) is 6.60. The Labute approximate surface area is 125 Å². The SMILES string of the molecule is CCNC(=O)c1cccc(NC(=O)[C@@H](C)OCC(F)(F)F)c1. The Kier molecular flexibility index (Phi) is 6.36. The fraction of sp³-hybridized carbons (Fsp3) is 0.429. The molecule has 2 N–H and O–H groups in total. The van der Waals surface area contributed by atoms with E-state index in [1.165, 1.54) is 19.1 Å². The summed E-state index contributed by atoms with van der Waals surface area (Å²) in [5.41, 5.74) is 0.639. The predicted molar refractivity (Wildman–Crippen MR) is 74.5 cm³/mol. The van der Waals surface area contributed by atoms with Gasteiger partial charge in [0.05, 0.1) is 0 Å². The zero-order valence-corrected chi connectivity index (χ0v) is 12.2. The summed E-state index contributed by atoms with van der Waals surface area (Å²) in [5, 5.41) is 5.00. The number of hydrogen-bond donors (Lipinski definition) is 2. The number of ether oxygens (including phenoxy) is 1. The van der Waals surface area contributed by atoms with E-state index in [1.807, 2.05) is 0 Å². The van der Waals surface area contributed by atoms with E-state index in [4.69, 9.17) is 0 Å². The zero-order chi connectivity index (χ0) is 16.8. The van der Waals surface area contributed by atoms with Crippen molar-refractivity contribution >= 4 is 17.5 Å². The average molecular weight is 318 g/mol. The van der Waals surface area contributed by atoms with Gasteiger partial charge in [0.25, 0.3) is 11.8 Å². The first kappa shape index (κ1) is 18.0. The second-order valence-corrected chi connectivity index (χ2v) is 4.50. The number of carbonyl (C=O) groups is 2. The molecule has 2 amide bonds. The van der Waals surface area contributed by atoms with Crippen LogP contribution in [0.3, 0.4) is 0 Å². The molecular formula is C14H17F3N2O3. The van der Waals surface area contributed by atoms with Gasteiger partial charge in [-0.25, -0.2) is 0 Å². The fourth-order valence-electron chi connectivity index (χ4n) is 1.54. The Morgan fingerprint density at radius 1 is 1.32 bits per heavy atom. The summed E-state index contributed by atoms with van der Waals surface area (Å²) in [4.78, 5) is 23.4. The van der Waals surface area contributed by atoms with E-state index in [-0.39, 0.29) is 5.91 Å². The molecule has 0 saturated carbocycles. The maximum absolute atomic E-state index is 12.0. The molecule has 1 aromatic rings. The molecule has 0 aliphatic carbocycles. The highest BCUT2D eigenvalue weighted by molar-refractivity contribution is 5.98. The summed E-state index contributed by atoms with van der Waals surface area (Å²) in [6.45, 7) is 1.94. The molecule has 5 nitrogen and oxygen atoms in total. The molecular weight excluding hydrogens is 301 g/mol. The minimum atomic E-state index is -4.49. The predicted octanol–water partition coefficient (Wildman–Crippen LogP) is 2.34. The third-order valence-electron chi connectivity index (χ3n) is 2.60. The number of halogens is 3. The van der Waals surface area contributed by atoms with Crippen molar-refractivity contribution in [3.05, 3.63) is 29.8 Å². The molecule has 0 bridgehead atoms. The van der Waals surface area contributed by atoms with Crippen molar-refractivity contribution in [2.45, 2.75) is 26.1 Å². The van der Waals surface area contributed by atoms with Crippen LogP contribution in [0, 0.1) is 0 Å². The molecule has 0 aromatic heterocycles. The minimum Gasteiger partial charge on any atom is -0.359 e. The summed E-state index contributed by atoms with van der Waals surface area (Å²) in [5.74, 6) is -1.03. The van der Waals surface area contributed by atoms with Crippen LogP contribution in [0.2, 0.25) is 0 Å². The second-order valence-electron chi connectivity index (χ2n) is 4.50. The molecule has 1 rings (SSSR count). The molecule has 0 unspecified atom stereocenters. The molecule has 1 aromatic carbocycles. The molecule has 0 heterocycles. The second kappa shape index (κ2) is 7.79. The summed E-state index contributed by atoms with van der Waals surface area (Å²) >= 11 is 0. The Balaban J connectivity index is 2.64. The molecule has 0 fully saturated rings. The van der Waals surface area contributed by atoms with E-state index in [9.17, 15) is 22.8 Å². The van der Waals surface area contributed by atoms with E-state index in [1.54, 1.807) is 19.1 Å². The fourth-order valence-corrected chi connectivity index (χ4v) is 1.54. The van der Waals surface area contributed by atoms with Gasteiger partial charge in [0.2, 0.25) is 0 Å². The molecule has 22 heavy (non-hydrogen) atoms. The monoisotopic (exact) mass is 318 g/mol. The summed E-state index contributed by atoms with van der Waals surface area (Å²) in [6.07, 6.45) is -5.76. The molecule has 1 atom stereocenters. The highest BCUT2D eigenvalue weighted by Crippen LogP contribution is 2.16. The Morgan fingerprint density at radius 2 is 2.00 bits per heavy atom. The Hall–Kier alpha value is -2.09. The lowest BCUT2D eigenvalue weighted by Crippen LogP contribution is -2.31. The Morgan fingerprint density at radius 3 is 2.59 bits per heavy atom. The van der Waals surface area contributed by atoms with Crippen LogP contribution >= 0.6 is 0 Å². The molecule has 0 spiro atoms. The molecule has 0 saturated heterocycles. The van der Waals surface area contributed by atoms with Gasteiger partial charge in [0.1, 0.15) is 12.7 Å². The highest BCUT2D eigenvalue weighted by atomic mass is 19.4. The topological polar surface area (TPSA) is 67.4 Å². The number of carbonyl (C=O) groups excluding carboxylic acids is 2. The maximum Gasteiger partial charge on any atom is 0.411 e. The number of hydrogen-bond acceptors (Lipinski definition) is 3. The van der Waals surface area contributed by atoms with Gasteiger partial charge in [-0.2, -0.15) is 13.2 Å². The van der Waals surface area contributed by atoms with E-state index < -0.39 is 24.8 Å². The molecule has 0 aliphatic heterocycles. The normalized spacial score (nSPS) is 12.6. The lowest BCUT2D eigenvalue weighted by molar-refractivity contribution is -0.184. The minimum absolute atomic E-state index is 0.302. The molecule has 0 radical (unpaired) electrons. The number of benzene rings is 1. The molecule has 8 heteroatoms. The average Bonchev–Trinajstić information content (AvgIpc) is 2.44. The lowest BCUT2D eigenvalue weighted by Gasteiger charge is -2.15. The highest BCUT2D eigenvalue weighted by Gasteiger charge is 2.29. The maximum atomic E-state index is 12.0. The number of nitrogens with one attached hydrogen (secondary N) is 2. The lowest BCUT2D eigenvalue weighted by atomic mass is 10.2. The van der Waals surface area contributed by atoms with Crippen molar-refractivity contribution in [2.75, 3.05) is 18.5 Å². The van der Waals surface area contributed by atoms with Crippen molar-refractivity contribution in [3.8, 4) is 0 Å². The van der Waals surface area contributed by atoms with Crippen LogP contribution in [0.1, 0.15) is 24.2 Å². The molecule has 0 aliphatic rings. The van der Waals surface area contributed by atoms with Crippen LogP contribution in [-0.2, 0) is 9.53 Å². The van der Waals surface area contributed by atoms with Gasteiger partial charge in [0.15, 0.2) is 0 Å². The van der Waals surface area contributed by atoms with Crippen molar-refractivity contribution < 1.29 is 27.5 Å². The third-order valence-corrected chi connectivity index (χ3v) is 2.60. The van der Waals surface area contributed by atoms with Crippen LogP contribution in [0.4, 0.5) is 18.9 Å².